The molecule has 2 aromatic carbocycles. The van der Waals surface area contributed by atoms with Crippen molar-refractivity contribution in [1.29, 1.82) is 0 Å². The lowest BCUT2D eigenvalue weighted by atomic mass is 10.2. The first-order valence-corrected chi connectivity index (χ1v) is 7.95. The second-order valence-corrected chi connectivity index (χ2v) is 6.25. The van der Waals surface area contributed by atoms with Crippen molar-refractivity contribution >= 4 is 44.8 Å². The van der Waals surface area contributed by atoms with E-state index < -0.39 is 0 Å². The van der Waals surface area contributed by atoms with Gasteiger partial charge in [-0.25, -0.2) is 0 Å². The van der Waals surface area contributed by atoms with Gasteiger partial charge in [0.2, 0.25) is 0 Å². The van der Waals surface area contributed by atoms with Crippen LogP contribution in [0.5, 0.6) is 11.5 Å². The molecular formula is C15H12BrCl2NO2. The summed E-state index contributed by atoms with van der Waals surface area (Å²) in [7, 11) is 0. The number of halogens is 3. The van der Waals surface area contributed by atoms with Crippen LogP contribution in [0.25, 0.3) is 0 Å². The van der Waals surface area contributed by atoms with Gasteiger partial charge in [0.15, 0.2) is 11.5 Å². The fraction of sp³-hybridized carbons (Fsp3) is 0.200. The van der Waals surface area contributed by atoms with Crippen LogP contribution in [0.15, 0.2) is 34.8 Å². The molecule has 0 aliphatic carbocycles. The first-order chi connectivity index (χ1) is 10.1. The van der Waals surface area contributed by atoms with Crippen LogP contribution < -0.4 is 14.8 Å². The molecule has 0 radical (unpaired) electrons. The van der Waals surface area contributed by atoms with Crippen molar-refractivity contribution in [2.75, 3.05) is 18.5 Å². The Morgan fingerprint density at radius 2 is 1.71 bits per heavy atom. The van der Waals surface area contributed by atoms with Crippen LogP contribution in [0, 0.1) is 0 Å². The zero-order chi connectivity index (χ0) is 14.8. The van der Waals surface area contributed by atoms with E-state index in [1.807, 2.05) is 24.3 Å². The maximum Gasteiger partial charge on any atom is 0.163 e. The third kappa shape index (κ3) is 3.39. The fourth-order valence-electron chi connectivity index (χ4n) is 2.05. The van der Waals surface area contributed by atoms with E-state index in [9.17, 15) is 0 Å². The van der Waals surface area contributed by atoms with Gasteiger partial charge in [0.1, 0.15) is 13.2 Å². The number of rotatable bonds is 3. The van der Waals surface area contributed by atoms with Gasteiger partial charge in [-0.05, 0) is 33.6 Å². The molecule has 110 valence electrons. The minimum absolute atomic E-state index is 0.549. The van der Waals surface area contributed by atoms with Gasteiger partial charge in [0.05, 0.1) is 15.7 Å². The Bertz CT molecular complexity index is 679. The van der Waals surface area contributed by atoms with Gasteiger partial charge in [0, 0.05) is 23.2 Å². The SMILES string of the molecule is Clc1cc(CNc2cc3c(cc2Cl)OCCO3)ccc1Br. The van der Waals surface area contributed by atoms with Crippen LogP contribution in [0.4, 0.5) is 5.69 Å². The average Bonchev–Trinajstić information content (AvgIpc) is 2.48. The maximum absolute atomic E-state index is 6.25. The number of hydrogen-bond acceptors (Lipinski definition) is 3. The second kappa shape index (κ2) is 6.34. The molecule has 2 aromatic rings. The number of ether oxygens (including phenoxy) is 2. The summed E-state index contributed by atoms with van der Waals surface area (Å²) in [6.07, 6.45) is 0. The van der Waals surface area contributed by atoms with Gasteiger partial charge >= 0.3 is 0 Å². The van der Waals surface area contributed by atoms with Gasteiger partial charge < -0.3 is 14.8 Å². The van der Waals surface area contributed by atoms with E-state index in [-0.39, 0.29) is 0 Å². The predicted octanol–water partition coefficient (Wildman–Crippen LogP) is 5.14. The lowest BCUT2D eigenvalue weighted by Crippen LogP contribution is -2.15. The number of nitrogens with one attached hydrogen (secondary N) is 1. The Morgan fingerprint density at radius 3 is 2.43 bits per heavy atom. The van der Waals surface area contributed by atoms with E-state index in [0.29, 0.717) is 41.3 Å². The molecule has 0 amide bonds. The van der Waals surface area contributed by atoms with Crippen molar-refractivity contribution in [2.24, 2.45) is 0 Å². The highest BCUT2D eigenvalue weighted by molar-refractivity contribution is 9.10. The number of benzene rings is 2. The number of hydrogen-bond donors (Lipinski definition) is 1. The summed E-state index contributed by atoms with van der Waals surface area (Å²) < 4.78 is 11.9. The molecule has 1 N–H and O–H groups in total. The maximum atomic E-state index is 6.25. The van der Waals surface area contributed by atoms with Crippen LogP contribution in [0.3, 0.4) is 0 Å². The lowest BCUT2D eigenvalue weighted by Gasteiger charge is -2.20. The fourth-order valence-corrected chi connectivity index (χ4v) is 2.72. The Labute approximate surface area is 141 Å². The molecule has 1 heterocycles. The molecule has 0 unspecified atom stereocenters. The summed E-state index contributed by atoms with van der Waals surface area (Å²) >= 11 is 15.7. The van der Waals surface area contributed by atoms with E-state index in [1.165, 1.54) is 0 Å². The highest BCUT2D eigenvalue weighted by atomic mass is 79.9. The Balaban J connectivity index is 1.77. The van der Waals surface area contributed by atoms with Gasteiger partial charge in [-0.2, -0.15) is 0 Å². The van der Waals surface area contributed by atoms with Gasteiger partial charge in [0.25, 0.3) is 0 Å². The quantitative estimate of drug-likeness (QED) is 0.789. The molecule has 21 heavy (non-hydrogen) atoms. The monoisotopic (exact) mass is 387 g/mol. The van der Waals surface area contributed by atoms with Gasteiger partial charge in [-0.15, -0.1) is 0 Å². The number of fused-ring (bicyclic) bond motifs is 1. The van der Waals surface area contributed by atoms with Crippen LogP contribution in [0.2, 0.25) is 10.0 Å². The van der Waals surface area contributed by atoms with Crippen molar-refractivity contribution in [2.45, 2.75) is 6.54 Å². The van der Waals surface area contributed by atoms with Crippen molar-refractivity contribution in [3.63, 3.8) is 0 Å². The van der Waals surface area contributed by atoms with E-state index in [4.69, 9.17) is 32.7 Å². The Kier molecular flexibility index (Phi) is 4.48. The standard InChI is InChI=1S/C15H12BrCl2NO2/c16-10-2-1-9(5-11(10)17)8-19-13-7-15-14(6-12(13)18)20-3-4-21-15/h1-2,5-7,19H,3-4,8H2. The predicted molar refractivity (Wildman–Crippen MR) is 88.9 cm³/mol. The summed E-state index contributed by atoms with van der Waals surface area (Å²) in [6, 6.07) is 9.45. The third-order valence-corrected chi connectivity index (χ3v) is 4.64. The highest BCUT2D eigenvalue weighted by Crippen LogP contribution is 2.38. The van der Waals surface area contributed by atoms with Crippen molar-refractivity contribution < 1.29 is 9.47 Å². The summed E-state index contributed by atoms with van der Waals surface area (Å²) in [4.78, 5) is 0. The third-order valence-electron chi connectivity index (χ3n) is 3.10. The van der Waals surface area contributed by atoms with Crippen LogP contribution in [-0.2, 0) is 6.54 Å². The van der Waals surface area contributed by atoms with Crippen molar-refractivity contribution in [3.8, 4) is 11.5 Å². The summed E-state index contributed by atoms with van der Waals surface area (Å²) in [5, 5.41) is 4.57. The second-order valence-electron chi connectivity index (χ2n) is 4.58. The Hall–Kier alpha value is -1.10. The molecule has 3 rings (SSSR count). The minimum atomic E-state index is 0.549. The van der Waals surface area contributed by atoms with Crippen LogP contribution in [-0.4, -0.2) is 13.2 Å². The molecular weight excluding hydrogens is 377 g/mol. The average molecular weight is 389 g/mol. The zero-order valence-electron chi connectivity index (χ0n) is 11.0. The zero-order valence-corrected chi connectivity index (χ0v) is 14.1. The molecule has 1 aliphatic rings. The minimum Gasteiger partial charge on any atom is -0.486 e. The topological polar surface area (TPSA) is 30.5 Å². The first kappa shape index (κ1) is 14.8. The summed E-state index contributed by atoms with van der Waals surface area (Å²) in [6.45, 7) is 1.72. The molecule has 6 heteroatoms. The first-order valence-electron chi connectivity index (χ1n) is 6.40. The van der Waals surface area contributed by atoms with Crippen molar-refractivity contribution in [1.82, 2.24) is 0 Å². The van der Waals surface area contributed by atoms with Gasteiger partial charge in [-0.1, -0.05) is 29.3 Å². The van der Waals surface area contributed by atoms with Gasteiger partial charge in [-0.3, -0.25) is 0 Å². The molecule has 0 saturated carbocycles. The molecule has 0 aromatic heterocycles. The Morgan fingerprint density at radius 1 is 1.00 bits per heavy atom. The largest absolute Gasteiger partial charge is 0.486 e. The molecule has 1 aliphatic heterocycles. The highest BCUT2D eigenvalue weighted by Gasteiger charge is 2.15. The summed E-state index contributed by atoms with van der Waals surface area (Å²) in [5.74, 6) is 1.39. The molecule has 0 atom stereocenters. The summed E-state index contributed by atoms with van der Waals surface area (Å²) in [5.41, 5.74) is 1.87. The van der Waals surface area contributed by atoms with E-state index in [1.54, 1.807) is 6.07 Å². The smallest absolute Gasteiger partial charge is 0.163 e. The molecule has 0 bridgehead atoms. The molecule has 0 saturated heterocycles. The number of anilines is 1. The van der Waals surface area contributed by atoms with Crippen LogP contribution in [0.1, 0.15) is 5.56 Å². The lowest BCUT2D eigenvalue weighted by molar-refractivity contribution is 0.171. The molecule has 3 nitrogen and oxygen atoms in total. The van der Waals surface area contributed by atoms with Crippen molar-refractivity contribution in [3.05, 3.63) is 50.4 Å². The van der Waals surface area contributed by atoms with Crippen LogP contribution >= 0.6 is 39.1 Å². The van der Waals surface area contributed by atoms with E-state index in [2.05, 4.69) is 21.2 Å². The normalized spacial score (nSPS) is 13.1. The van der Waals surface area contributed by atoms with E-state index >= 15 is 0 Å². The van der Waals surface area contributed by atoms with E-state index in [0.717, 1.165) is 15.7 Å². The molecule has 0 spiro atoms. The molecule has 0 fully saturated rings.